The van der Waals surface area contributed by atoms with Crippen molar-refractivity contribution >= 4 is 27.5 Å². The normalized spacial score (nSPS) is 11.2. The van der Waals surface area contributed by atoms with Crippen LogP contribution in [0.3, 0.4) is 0 Å². The first-order chi connectivity index (χ1) is 11.7. The molecule has 2 heterocycles. The lowest BCUT2D eigenvalue weighted by atomic mass is 10.1. The molecule has 0 radical (unpaired) electrons. The van der Waals surface area contributed by atoms with E-state index in [0.717, 1.165) is 11.1 Å². The number of nitrogens with zero attached hydrogens (tertiary/aromatic N) is 3. The third-order valence-corrected chi connectivity index (χ3v) is 3.10. The summed E-state index contributed by atoms with van der Waals surface area (Å²) in [6.45, 7) is 1.08. The molecule has 7 N–H and O–H groups in total. The van der Waals surface area contributed by atoms with Crippen LogP contribution in [0.5, 0.6) is 0 Å². The van der Waals surface area contributed by atoms with Crippen LogP contribution in [-0.2, 0) is 23.5 Å². The molecule has 3 rings (SSSR count). The van der Waals surface area contributed by atoms with Crippen LogP contribution in [0.15, 0.2) is 35.4 Å². The summed E-state index contributed by atoms with van der Waals surface area (Å²) in [5.41, 5.74) is 13.7. The summed E-state index contributed by atoms with van der Waals surface area (Å²) < 4.78 is 33.4. The molecule has 0 saturated heterocycles. The predicted molar refractivity (Wildman–Crippen MR) is 90.2 cm³/mol. The van der Waals surface area contributed by atoms with Crippen molar-refractivity contribution in [3.63, 3.8) is 0 Å². The van der Waals surface area contributed by atoms with Gasteiger partial charge in [-0.2, -0.15) is 13.4 Å². The van der Waals surface area contributed by atoms with E-state index < -0.39 is 10.4 Å². The molecule has 0 saturated carbocycles. The summed E-state index contributed by atoms with van der Waals surface area (Å²) in [7, 11) is -4.67. The lowest BCUT2D eigenvalue weighted by Gasteiger charge is -2.05. The number of nitrogens with one attached hydrogen (secondary N) is 1. The van der Waals surface area contributed by atoms with Crippen molar-refractivity contribution in [3.05, 3.63) is 52.1 Å². The highest BCUT2D eigenvalue weighted by molar-refractivity contribution is 7.79. The largest absolute Gasteiger partial charge is 0.394 e. The van der Waals surface area contributed by atoms with Crippen LogP contribution in [0.2, 0.25) is 0 Å². The van der Waals surface area contributed by atoms with E-state index >= 15 is 0 Å². The van der Waals surface area contributed by atoms with Crippen molar-refractivity contribution in [3.8, 4) is 0 Å². The molecule has 11 nitrogen and oxygen atoms in total. The Morgan fingerprint density at radius 3 is 2.28 bits per heavy atom. The molecule has 0 fully saturated rings. The number of H-pyrrole nitrogens is 1. The van der Waals surface area contributed by atoms with Crippen LogP contribution in [0, 0.1) is 0 Å². The third kappa shape index (κ3) is 5.36. The van der Waals surface area contributed by atoms with Gasteiger partial charge in [-0.05, 0) is 11.1 Å². The molecule has 0 bridgehead atoms. The Kier molecular flexibility index (Phi) is 5.48. The van der Waals surface area contributed by atoms with Gasteiger partial charge in [0.15, 0.2) is 11.2 Å². The maximum absolute atomic E-state index is 11.7. The first-order valence-corrected chi connectivity index (χ1v) is 8.25. The number of fused-ring (bicyclic) bond motifs is 1. The zero-order valence-electron chi connectivity index (χ0n) is 12.8. The molecule has 12 heteroatoms. The van der Waals surface area contributed by atoms with E-state index in [1.807, 2.05) is 24.3 Å². The summed E-state index contributed by atoms with van der Waals surface area (Å²) >= 11 is 0. The molecule has 0 aliphatic heterocycles. The van der Waals surface area contributed by atoms with Gasteiger partial charge in [0.25, 0.3) is 5.56 Å². The minimum Gasteiger partial charge on any atom is -0.369 e. The Labute approximate surface area is 141 Å². The fourth-order valence-corrected chi connectivity index (χ4v) is 2.06. The number of rotatable bonds is 3. The molecular weight excluding hydrogens is 352 g/mol. The van der Waals surface area contributed by atoms with Crippen LogP contribution in [-0.4, -0.2) is 37.0 Å². The average molecular weight is 368 g/mol. The minimum atomic E-state index is -4.67. The molecule has 0 aliphatic rings. The summed E-state index contributed by atoms with van der Waals surface area (Å²) in [6, 6.07) is 7.93. The second-order valence-corrected chi connectivity index (χ2v) is 5.86. The molecule has 1 aromatic carbocycles. The standard InChI is InChI=1S/C13H14N6O.H2O4S/c14-5-8-1-3-9(4-2-8)6-19-7-16-10-11(19)17-13(15)18-12(10)20;1-5(2,3)4/h1-4,7H,5-6,14H2,(H3,15,17,18,20);(H2,1,2,3,4). The van der Waals surface area contributed by atoms with Gasteiger partial charge in [-0.15, -0.1) is 0 Å². The summed E-state index contributed by atoms with van der Waals surface area (Å²) in [5, 5.41) is 0. The fraction of sp³-hybridized carbons (Fsp3) is 0.154. The molecule has 0 atom stereocenters. The van der Waals surface area contributed by atoms with Gasteiger partial charge >= 0.3 is 10.4 Å². The SMILES string of the molecule is NCc1ccc(Cn2cnc3c(=O)[nH]c(N)nc32)cc1.O=S(=O)(O)O. The highest BCUT2D eigenvalue weighted by atomic mass is 32.3. The number of nitrogen functional groups attached to an aromatic ring is 1. The first kappa shape index (κ1) is 18.5. The van der Waals surface area contributed by atoms with Crippen molar-refractivity contribution in [1.82, 2.24) is 19.5 Å². The van der Waals surface area contributed by atoms with Crippen molar-refractivity contribution in [2.24, 2.45) is 5.73 Å². The lowest BCUT2D eigenvalue weighted by molar-refractivity contribution is 0.381. The van der Waals surface area contributed by atoms with E-state index in [-0.39, 0.29) is 17.0 Å². The monoisotopic (exact) mass is 368 g/mol. The van der Waals surface area contributed by atoms with E-state index in [1.54, 1.807) is 10.9 Å². The molecule has 0 aliphatic carbocycles. The van der Waals surface area contributed by atoms with E-state index in [0.29, 0.717) is 18.7 Å². The Balaban J connectivity index is 0.000000399. The van der Waals surface area contributed by atoms with Crippen molar-refractivity contribution in [2.75, 3.05) is 5.73 Å². The number of anilines is 1. The highest BCUT2D eigenvalue weighted by Gasteiger charge is 2.09. The van der Waals surface area contributed by atoms with Gasteiger partial charge in [-0.3, -0.25) is 18.9 Å². The zero-order chi connectivity index (χ0) is 18.6. The Morgan fingerprint density at radius 2 is 1.72 bits per heavy atom. The number of aromatic nitrogens is 4. The Morgan fingerprint density at radius 1 is 1.16 bits per heavy atom. The second-order valence-electron chi connectivity index (χ2n) is 4.96. The predicted octanol–water partition coefficient (Wildman–Crippen LogP) is -0.444. The Hall–Kier alpha value is -2.80. The quantitative estimate of drug-likeness (QED) is 0.381. The van der Waals surface area contributed by atoms with Crippen molar-refractivity contribution in [1.29, 1.82) is 0 Å². The number of imidazole rings is 1. The molecule has 134 valence electrons. The van der Waals surface area contributed by atoms with E-state index in [4.69, 9.17) is 29.0 Å². The van der Waals surface area contributed by atoms with E-state index in [2.05, 4.69) is 15.0 Å². The number of hydrogen-bond acceptors (Lipinski definition) is 7. The maximum Gasteiger partial charge on any atom is 0.394 e. The zero-order valence-corrected chi connectivity index (χ0v) is 13.6. The number of nitrogens with two attached hydrogens (primary N) is 2. The molecule has 0 spiro atoms. The van der Waals surface area contributed by atoms with Gasteiger partial charge in [-0.1, -0.05) is 24.3 Å². The summed E-state index contributed by atoms with van der Waals surface area (Å²) in [5.74, 6) is 0.0859. The fourth-order valence-electron chi connectivity index (χ4n) is 2.06. The highest BCUT2D eigenvalue weighted by Crippen LogP contribution is 2.11. The maximum atomic E-state index is 11.7. The molecule has 25 heavy (non-hydrogen) atoms. The average Bonchev–Trinajstić information content (AvgIpc) is 2.90. The number of benzene rings is 1. The van der Waals surface area contributed by atoms with Gasteiger partial charge in [0.05, 0.1) is 12.9 Å². The third-order valence-electron chi connectivity index (χ3n) is 3.10. The van der Waals surface area contributed by atoms with Crippen LogP contribution < -0.4 is 17.0 Å². The van der Waals surface area contributed by atoms with Crippen LogP contribution in [0.1, 0.15) is 11.1 Å². The van der Waals surface area contributed by atoms with Gasteiger partial charge in [0, 0.05) is 6.54 Å². The number of aromatic amines is 1. The van der Waals surface area contributed by atoms with Gasteiger partial charge in [-0.25, -0.2) is 4.98 Å². The Bertz CT molecular complexity index is 1020. The second kappa shape index (κ2) is 7.40. The molecule has 0 unspecified atom stereocenters. The minimum absolute atomic E-state index is 0.0859. The lowest BCUT2D eigenvalue weighted by Crippen LogP contribution is -2.12. The van der Waals surface area contributed by atoms with Crippen molar-refractivity contribution in [2.45, 2.75) is 13.1 Å². The smallest absolute Gasteiger partial charge is 0.369 e. The van der Waals surface area contributed by atoms with Gasteiger partial charge in [0.2, 0.25) is 5.95 Å². The van der Waals surface area contributed by atoms with Gasteiger partial charge in [0.1, 0.15) is 0 Å². The first-order valence-electron chi connectivity index (χ1n) is 6.86. The molecular formula is C13H16N6O5S. The van der Waals surface area contributed by atoms with Gasteiger partial charge < -0.3 is 16.0 Å². The number of hydrogen-bond donors (Lipinski definition) is 5. The van der Waals surface area contributed by atoms with Crippen LogP contribution >= 0.6 is 0 Å². The van der Waals surface area contributed by atoms with Crippen LogP contribution in [0.25, 0.3) is 11.2 Å². The summed E-state index contributed by atoms with van der Waals surface area (Å²) in [6.07, 6.45) is 1.59. The van der Waals surface area contributed by atoms with Crippen molar-refractivity contribution < 1.29 is 17.5 Å². The summed E-state index contributed by atoms with van der Waals surface area (Å²) in [4.78, 5) is 22.3. The molecule has 2 aromatic heterocycles. The van der Waals surface area contributed by atoms with E-state index in [1.165, 1.54) is 0 Å². The van der Waals surface area contributed by atoms with Crippen LogP contribution in [0.4, 0.5) is 5.95 Å². The van der Waals surface area contributed by atoms with E-state index in [9.17, 15) is 4.79 Å². The topological polar surface area (TPSA) is 190 Å². The molecule has 0 amide bonds. The molecule has 3 aromatic rings.